The van der Waals surface area contributed by atoms with Gasteiger partial charge in [-0.1, -0.05) is 44.2 Å². The zero-order valence-corrected chi connectivity index (χ0v) is 19.4. The van der Waals surface area contributed by atoms with Gasteiger partial charge in [0.1, 0.15) is 18.1 Å². The van der Waals surface area contributed by atoms with Crippen LogP contribution >= 0.6 is 0 Å². The Bertz CT molecular complexity index is 906. The third-order valence-electron chi connectivity index (χ3n) is 5.78. The highest BCUT2D eigenvalue weighted by molar-refractivity contribution is 5.96. The summed E-state index contributed by atoms with van der Waals surface area (Å²) < 4.78 is 0. The number of carbonyl (C=O) groups excluding carboxylic acids is 4. The lowest BCUT2D eigenvalue weighted by Crippen LogP contribution is -2.58. The highest BCUT2D eigenvalue weighted by atomic mass is 16.4. The molecule has 11 heteroatoms. The normalized spacial score (nSPS) is 18.1. The lowest BCUT2D eigenvalue weighted by molar-refractivity contribution is -0.145. The van der Waals surface area contributed by atoms with Crippen LogP contribution in [0.2, 0.25) is 0 Å². The molecular formula is C23H33N5O6. The van der Waals surface area contributed by atoms with Crippen LogP contribution < -0.4 is 22.1 Å². The van der Waals surface area contributed by atoms with Gasteiger partial charge in [0.05, 0.1) is 12.5 Å². The first-order valence-corrected chi connectivity index (χ1v) is 11.2. The maximum Gasteiger partial charge on any atom is 0.326 e. The van der Waals surface area contributed by atoms with Crippen molar-refractivity contribution < 1.29 is 29.1 Å². The van der Waals surface area contributed by atoms with Crippen molar-refractivity contribution in [2.75, 3.05) is 6.54 Å². The predicted molar refractivity (Wildman–Crippen MR) is 123 cm³/mol. The van der Waals surface area contributed by atoms with Crippen LogP contribution in [0.25, 0.3) is 0 Å². The van der Waals surface area contributed by atoms with Gasteiger partial charge in [-0.05, 0) is 24.3 Å². The number of likely N-dealkylation sites (tertiary alicyclic amines) is 1. The van der Waals surface area contributed by atoms with E-state index in [-0.39, 0.29) is 18.9 Å². The molecule has 1 fully saturated rings. The van der Waals surface area contributed by atoms with Crippen molar-refractivity contribution in [3.05, 3.63) is 35.9 Å². The van der Waals surface area contributed by atoms with Crippen molar-refractivity contribution in [2.24, 2.45) is 17.4 Å². The molecule has 1 heterocycles. The summed E-state index contributed by atoms with van der Waals surface area (Å²) in [7, 11) is 0. The second-order valence-corrected chi connectivity index (χ2v) is 8.78. The molecule has 1 aromatic rings. The minimum atomic E-state index is -1.28. The van der Waals surface area contributed by atoms with E-state index in [1.54, 1.807) is 44.2 Å². The molecule has 0 aromatic heterocycles. The second-order valence-electron chi connectivity index (χ2n) is 8.78. The number of hydrogen-bond acceptors (Lipinski definition) is 6. The first kappa shape index (κ1) is 26.8. The summed E-state index contributed by atoms with van der Waals surface area (Å²) in [4.78, 5) is 63.1. The van der Waals surface area contributed by atoms with Crippen LogP contribution in [0.5, 0.6) is 0 Å². The molecule has 0 saturated carbocycles. The summed E-state index contributed by atoms with van der Waals surface area (Å²) in [5.74, 6) is -4.07. The summed E-state index contributed by atoms with van der Waals surface area (Å²) in [5, 5.41) is 14.6. The summed E-state index contributed by atoms with van der Waals surface area (Å²) in [6.07, 6.45) is 0.447. The fraction of sp³-hybridized carbons (Fsp3) is 0.522. The molecule has 0 bridgehead atoms. The van der Waals surface area contributed by atoms with E-state index in [1.807, 2.05) is 0 Å². The maximum atomic E-state index is 13.2. The number of nitrogens with two attached hydrogens (primary N) is 2. The molecule has 1 aliphatic heterocycles. The molecule has 0 aliphatic carbocycles. The van der Waals surface area contributed by atoms with Gasteiger partial charge in [-0.15, -0.1) is 0 Å². The van der Waals surface area contributed by atoms with Crippen LogP contribution in [0.1, 0.15) is 38.7 Å². The number of nitrogens with one attached hydrogen (secondary N) is 2. The number of carbonyl (C=O) groups is 5. The molecular weight excluding hydrogens is 442 g/mol. The smallest absolute Gasteiger partial charge is 0.326 e. The van der Waals surface area contributed by atoms with Crippen molar-refractivity contribution in [1.29, 1.82) is 0 Å². The lowest BCUT2D eigenvalue weighted by atomic mass is 10.0. The van der Waals surface area contributed by atoms with Crippen molar-refractivity contribution >= 4 is 29.6 Å². The topological polar surface area (TPSA) is 185 Å². The molecule has 0 radical (unpaired) electrons. The Hall–Kier alpha value is -3.47. The first-order valence-electron chi connectivity index (χ1n) is 11.2. The number of benzene rings is 1. The van der Waals surface area contributed by atoms with Crippen LogP contribution in [-0.4, -0.2) is 70.3 Å². The van der Waals surface area contributed by atoms with Crippen LogP contribution in [0.15, 0.2) is 30.3 Å². The number of aliphatic carboxylic acids is 1. The van der Waals surface area contributed by atoms with Gasteiger partial charge in [0, 0.05) is 13.0 Å². The predicted octanol–water partition coefficient (Wildman–Crippen LogP) is -0.867. The molecule has 0 spiro atoms. The number of carboxylic acids is 1. The Morgan fingerprint density at radius 1 is 1.09 bits per heavy atom. The molecule has 1 aromatic carbocycles. The van der Waals surface area contributed by atoms with Gasteiger partial charge in [-0.3, -0.25) is 19.2 Å². The van der Waals surface area contributed by atoms with Crippen LogP contribution in [-0.2, 0) is 30.4 Å². The van der Waals surface area contributed by atoms with Gasteiger partial charge in [0.15, 0.2) is 0 Å². The van der Waals surface area contributed by atoms with Crippen molar-refractivity contribution in [1.82, 2.24) is 15.5 Å². The molecule has 2 rings (SSSR count). The van der Waals surface area contributed by atoms with Gasteiger partial charge in [-0.25, -0.2) is 4.79 Å². The molecule has 1 aliphatic rings. The fourth-order valence-electron chi connectivity index (χ4n) is 3.79. The number of primary amides is 1. The average molecular weight is 476 g/mol. The SMILES string of the molecule is CC(C)C(N)C(=O)NC(CC(N)=O)C(=O)N1CCCC1C(=O)NC(Cc1ccccc1)C(=O)O. The van der Waals surface area contributed by atoms with Crippen LogP contribution in [0.3, 0.4) is 0 Å². The molecule has 11 nitrogen and oxygen atoms in total. The quantitative estimate of drug-likeness (QED) is 0.275. The van der Waals surface area contributed by atoms with Gasteiger partial charge >= 0.3 is 5.97 Å². The minimum absolute atomic E-state index is 0.0794. The molecule has 4 atom stereocenters. The lowest BCUT2D eigenvalue weighted by Gasteiger charge is -2.30. The second kappa shape index (κ2) is 12.1. The highest BCUT2D eigenvalue weighted by Crippen LogP contribution is 2.20. The van der Waals surface area contributed by atoms with E-state index in [9.17, 15) is 29.1 Å². The van der Waals surface area contributed by atoms with E-state index in [4.69, 9.17) is 11.5 Å². The largest absolute Gasteiger partial charge is 0.480 e. The Labute approximate surface area is 198 Å². The molecule has 4 unspecified atom stereocenters. The number of nitrogens with zero attached hydrogens (tertiary/aromatic N) is 1. The minimum Gasteiger partial charge on any atom is -0.480 e. The van der Waals surface area contributed by atoms with Gasteiger partial charge in [0.25, 0.3) is 0 Å². The molecule has 4 amide bonds. The number of amides is 4. The van der Waals surface area contributed by atoms with Crippen molar-refractivity contribution in [3.63, 3.8) is 0 Å². The highest BCUT2D eigenvalue weighted by Gasteiger charge is 2.39. The van der Waals surface area contributed by atoms with E-state index < -0.39 is 60.2 Å². The maximum absolute atomic E-state index is 13.2. The average Bonchev–Trinajstić information content (AvgIpc) is 3.27. The van der Waals surface area contributed by atoms with Crippen LogP contribution in [0.4, 0.5) is 0 Å². The van der Waals surface area contributed by atoms with E-state index >= 15 is 0 Å². The van der Waals surface area contributed by atoms with Crippen molar-refractivity contribution in [3.8, 4) is 0 Å². The van der Waals surface area contributed by atoms with E-state index in [2.05, 4.69) is 10.6 Å². The fourth-order valence-corrected chi connectivity index (χ4v) is 3.79. The Morgan fingerprint density at radius 2 is 1.74 bits per heavy atom. The Kier molecular flexibility index (Phi) is 9.55. The van der Waals surface area contributed by atoms with E-state index in [0.717, 1.165) is 5.56 Å². The molecule has 34 heavy (non-hydrogen) atoms. The third kappa shape index (κ3) is 7.27. The van der Waals surface area contributed by atoms with E-state index in [0.29, 0.717) is 12.8 Å². The number of hydrogen-bond donors (Lipinski definition) is 5. The molecule has 186 valence electrons. The zero-order valence-electron chi connectivity index (χ0n) is 19.4. The summed E-state index contributed by atoms with van der Waals surface area (Å²) >= 11 is 0. The molecule has 1 saturated heterocycles. The zero-order chi connectivity index (χ0) is 25.4. The Morgan fingerprint density at radius 3 is 2.29 bits per heavy atom. The number of carboxylic acid groups (broad SMARTS) is 1. The summed E-state index contributed by atoms with van der Waals surface area (Å²) in [5.41, 5.74) is 11.8. The standard InChI is InChI=1S/C23H33N5O6/c1-13(2)19(25)21(31)26-15(12-18(24)29)22(32)28-10-6-9-17(28)20(30)27-16(23(33)34)11-14-7-4-3-5-8-14/h3-5,7-8,13,15-17,19H,6,9-12,25H2,1-2H3,(H2,24,29)(H,26,31)(H,27,30)(H,33,34). The Balaban J connectivity index is 2.14. The molecule has 7 N–H and O–H groups in total. The first-order chi connectivity index (χ1) is 16.0. The summed E-state index contributed by atoms with van der Waals surface area (Å²) in [6, 6.07) is 4.57. The van der Waals surface area contributed by atoms with Crippen molar-refractivity contribution in [2.45, 2.75) is 63.7 Å². The monoisotopic (exact) mass is 475 g/mol. The summed E-state index contributed by atoms with van der Waals surface area (Å²) in [6.45, 7) is 3.70. The van der Waals surface area contributed by atoms with Crippen LogP contribution in [0, 0.1) is 5.92 Å². The van der Waals surface area contributed by atoms with Gasteiger partial charge < -0.3 is 32.1 Å². The van der Waals surface area contributed by atoms with E-state index in [1.165, 1.54) is 4.90 Å². The number of rotatable bonds is 11. The van der Waals surface area contributed by atoms with Gasteiger partial charge in [-0.2, -0.15) is 0 Å². The van der Waals surface area contributed by atoms with Gasteiger partial charge in [0.2, 0.25) is 23.6 Å². The third-order valence-corrected chi connectivity index (χ3v) is 5.78.